The number of nitrogens with zero attached hydrogens (tertiary/aromatic N) is 5. The van der Waals surface area contributed by atoms with Crippen LogP contribution in [-0.4, -0.2) is 63.6 Å². The van der Waals surface area contributed by atoms with Gasteiger partial charge in [0, 0.05) is 41.4 Å². The molecule has 3 aliphatic rings. The van der Waals surface area contributed by atoms with Crippen molar-refractivity contribution in [3.8, 4) is 17.0 Å². The van der Waals surface area contributed by atoms with E-state index in [1.807, 2.05) is 45.2 Å². The van der Waals surface area contributed by atoms with Gasteiger partial charge in [-0.1, -0.05) is 32.4 Å². The third kappa shape index (κ3) is 3.56. The summed E-state index contributed by atoms with van der Waals surface area (Å²) in [6, 6.07) is 6.11. The molecule has 0 radical (unpaired) electrons. The van der Waals surface area contributed by atoms with Crippen LogP contribution < -0.4 is 15.0 Å². The molecule has 2 unspecified atom stereocenters. The molecular formula is C26H29ClN6O3. The quantitative estimate of drug-likeness (QED) is 0.541. The molecule has 3 aliphatic heterocycles. The number of carbonyl (C=O) groups excluding carboxylic acids is 2. The highest BCUT2D eigenvalue weighted by Gasteiger charge is 2.50. The summed E-state index contributed by atoms with van der Waals surface area (Å²) in [6.07, 6.45) is 4.42. The van der Waals surface area contributed by atoms with Gasteiger partial charge in [0.1, 0.15) is 24.4 Å². The number of likely N-dealkylation sites (tertiary alicyclic amines) is 1. The van der Waals surface area contributed by atoms with E-state index >= 15 is 0 Å². The molecule has 2 atom stereocenters. The molecule has 188 valence electrons. The summed E-state index contributed by atoms with van der Waals surface area (Å²) >= 11 is 6.54. The maximum atomic E-state index is 12.9. The number of hydrogen-bond acceptors (Lipinski definition) is 7. The van der Waals surface area contributed by atoms with Crippen molar-refractivity contribution in [2.45, 2.75) is 39.8 Å². The number of benzene rings is 1. The first-order valence-electron chi connectivity index (χ1n) is 12.4. The second-order valence-corrected chi connectivity index (χ2v) is 10.9. The minimum Gasteiger partial charge on any atom is -0.489 e. The van der Waals surface area contributed by atoms with E-state index in [1.54, 1.807) is 4.52 Å². The van der Waals surface area contributed by atoms with Gasteiger partial charge < -0.3 is 15.0 Å². The second kappa shape index (κ2) is 8.45. The summed E-state index contributed by atoms with van der Waals surface area (Å²) in [7, 11) is 0. The van der Waals surface area contributed by atoms with Crippen molar-refractivity contribution < 1.29 is 14.3 Å². The van der Waals surface area contributed by atoms with Crippen molar-refractivity contribution in [3.63, 3.8) is 0 Å². The zero-order chi connectivity index (χ0) is 25.2. The summed E-state index contributed by atoms with van der Waals surface area (Å²) in [5.74, 6) is 0.104. The molecule has 9 nitrogen and oxygen atoms in total. The van der Waals surface area contributed by atoms with Crippen LogP contribution in [-0.2, 0) is 16.1 Å². The van der Waals surface area contributed by atoms with Gasteiger partial charge in [-0.05, 0) is 30.7 Å². The SMILES string of the molecule is CC1C(=O)N(Cc2cc3c(-c4cc(Cl)cc5c4N(C4CCNC4)CCO5)ncnn3c2)C(=O)C1(C)C. The summed E-state index contributed by atoms with van der Waals surface area (Å²) in [5, 5.41) is 8.43. The molecule has 5 heterocycles. The zero-order valence-electron chi connectivity index (χ0n) is 20.6. The second-order valence-electron chi connectivity index (χ2n) is 10.4. The van der Waals surface area contributed by atoms with Crippen molar-refractivity contribution in [1.82, 2.24) is 24.8 Å². The minimum absolute atomic E-state index is 0.145. The number of halogens is 1. The van der Waals surface area contributed by atoms with Crippen LogP contribution in [0.5, 0.6) is 5.75 Å². The summed E-state index contributed by atoms with van der Waals surface area (Å²) in [4.78, 5) is 34.2. The normalized spacial score (nSPS) is 23.4. The number of imide groups is 1. The Morgan fingerprint density at radius 2 is 2.08 bits per heavy atom. The molecule has 2 amide bonds. The number of aromatic nitrogens is 3. The number of anilines is 1. The molecule has 2 aromatic heterocycles. The maximum absolute atomic E-state index is 12.9. The molecule has 36 heavy (non-hydrogen) atoms. The summed E-state index contributed by atoms with van der Waals surface area (Å²) < 4.78 is 7.78. The number of rotatable bonds is 4. The summed E-state index contributed by atoms with van der Waals surface area (Å²) in [5.41, 5.74) is 3.47. The minimum atomic E-state index is -0.709. The average Bonchev–Trinajstić information content (AvgIpc) is 3.57. The molecule has 0 saturated carbocycles. The number of fused-ring (bicyclic) bond motifs is 2. The van der Waals surface area contributed by atoms with E-state index in [4.69, 9.17) is 16.3 Å². The number of hydrogen-bond donors (Lipinski definition) is 1. The van der Waals surface area contributed by atoms with Crippen molar-refractivity contribution in [2.75, 3.05) is 31.1 Å². The number of ether oxygens (including phenoxy) is 1. The molecule has 1 N–H and O–H groups in total. The topological polar surface area (TPSA) is 92.1 Å². The molecule has 10 heteroatoms. The molecule has 6 rings (SSSR count). The van der Waals surface area contributed by atoms with Gasteiger partial charge in [-0.3, -0.25) is 14.5 Å². The largest absolute Gasteiger partial charge is 0.489 e. The Balaban J connectivity index is 1.43. The first kappa shape index (κ1) is 23.2. The van der Waals surface area contributed by atoms with E-state index in [1.165, 1.54) is 11.2 Å². The van der Waals surface area contributed by atoms with Gasteiger partial charge in [0.2, 0.25) is 11.8 Å². The van der Waals surface area contributed by atoms with Gasteiger partial charge in [0.25, 0.3) is 0 Å². The fourth-order valence-corrected chi connectivity index (χ4v) is 5.79. The number of amides is 2. The van der Waals surface area contributed by atoms with Crippen LogP contribution in [0.15, 0.2) is 30.7 Å². The standard InChI is InChI=1S/C26H29ClN6O3/c1-15-24(34)32(25(35)26(15,2)3)12-16-8-20-22(29-14-30-33(20)13-16)19-9-17(27)10-21-23(19)31(6-7-36-21)18-4-5-28-11-18/h8-10,13-15,18,28H,4-7,11-12H2,1-3H3. The lowest BCUT2D eigenvalue weighted by atomic mass is 9.82. The van der Waals surface area contributed by atoms with Crippen LogP contribution in [0.2, 0.25) is 5.02 Å². The third-order valence-electron chi connectivity index (χ3n) is 7.97. The molecule has 2 fully saturated rings. The van der Waals surface area contributed by atoms with Crippen LogP contribution in [0.25, 0.3) is 16.8 Å². The van der Waals surface area contributed by atoms with E-state index in [9.17, 15) is 9.59 Å². The van der Waals surface area contributed by atoms with Crippen molar-refractivity contribution in [3.05, 3.63) is 41.3 Å². The van der Waals surface area contributed by atoms with Crippen molar-refractivity contribution in [2.24, 2.45) is 11.3 Å². The van der Waals surface area contributed by atoms with Crippen molar-refractivity contribution >= 4 is 34.6 Å². The predicted molar refractivity (Wildman–Crippen MR) is 136 cm³/mol. The number of carbonyl (C=O) groups is 2. The first-order chi connectivity index (χ1) is 17.3. The number of nitrogens with one attached hydrogen (secondary N) is 1. The van der Waals surface area contributed by atoms with Gasteiger partial charge in [-0.25, -0.2) is 9.50 Å². The average molecular weight is 509 g/mol. The Bertz CT molecular complexity index is 1380. The molecule has 0 bridgehead atoms. The predicted octanol–water partition coefficient (Wildman–Crippen LogP) is 3.14. The fraction of sp³-hybridized carbons (Fsp3) is 0.462. The fourth-order valence-electron chi connectivity index (χ4n) is 5.58. The third-order valence-corrected chi connectivity index (χ3v) is 8.18. The smallest absolute Gasteiger partial charge is 0.235 e. The Morgan fingerprint density at radius 1 is 1.25 bits per heavy atom. The highest BCUT2D eigenvalue weighted by atomic mass is 35.5. The molecule has 1 aromatic carbocycles. The lowest BCUT2D eigenvalue weighted by molar-refractivity contribution is -0.141. The zero-order valence-corrected chi connectivity index (χ0v) is 21.4. The molecule has 3 aromatic rings. The van der Waals surface area contributed by atoms with Crippen LogP contribution in [0, 0.1) is 11.3 Å². The van der Waals surface area contributed by atoms with Gasteiger partial charge in [0.05, 0.1) is 29.7 Å². The first-order valence-corrected chi connectivity index (χ1v) is 12.8. The van der Waals surface area contributed by atoms with Gasteiger partial charge >= 0.3 is 0 Å². The molecular weight excluding hydrogens is 480 g/mol. The Hall–Kier alpha value is -3.17. The lowest BCUT2D eigenvalue weighted by Crippen LogP contribution is -2.42. The van der Waals surface area contributed by atoms with Crippen LogP contribution in [0.3, 0.4) is 0 Å². The van der Waals surface area contributed by atoms with Crippen molar-refractivity contribution in [1.29, 1.82) is 0 Å². The Kier molecular flexibility index (Phi) is 5.46. The van der Waals surface area contributed by atoms with E-state index in [0.29, 0.717) is 17.7 Å². The van der Waals surface area contributed by atoms with Crippen LogP contribution in [0.4, 0.5) is 5.69 Å². The van der Waals surface area contributed by atoms with E-state index in [0.717, 1.165) is 59.8 Å². The van der Waals surface area contributed by atoms with E-state index < -0.39 is 5.41 Å². The van der Waals surface area contributed by atoms with Crippen LogP contribution in [0.1, 0.15) is 32.8 Å². The van der Waals surface area contributed by atoms with Gasteiger partial charge in [-0.2, -0.15) is 5.10 Å². The van der Waals surface area contributed by atoms with E-state index in [-0.39, 0.29) is 24.3 Å². The Labute approximate surface area is 214 Å². The van der Waals surface area contributed by atoms with E-state index in [2.05, 4.69) is 20.3 Å². The molecule has 2 saturated heterocycles. The summed E-state index contributed by atoms with van der Waals surface area (Å²) in [6.45, 7) is 8.97. The molecule has 0 spiro atoms. The van der Waals surface area contributed by atoms with Crippen LogP contribution >= 0.6 is 11.6 Å². The monoisotopic (exact) mass is 508 g/mol. The highest BCUT2D eigenvalue weighted by Crippen LogP contribution is 2.45. The van der Waals surface area contributed by atoms with Gasteiger partial charge in [0.15, 0.2) is 0 Å². The molecule has 0 aliphatic carbocycles. The maximum Gasteiger partial charge on any atom is 0.235 e. The Morgan fingerprint density at radius 3 is 2.81 bits per heavy atom. The highest BCUT2D eigenvalue weighted by molar-refractivity contribution is 6.31. The lowest BCUT2D eigenvalue weighted by Gasteiger charge is -2.37. The van der Waals surface area contributed by atoms with Gasteiger partial charge in [-0.15, -0.1) is 0 Å².